The molecular weight excluding hydrogens is 546 g/mol. The zero-order chi connectivity index (χ0) is 30.2. The van der Waals surface area contributed by atoms with Gasteiger partial charge in [-0.2, -0.15) is 0 Å². The highest BCUT2D eigenvalue weighted by molar-refractivity contribution is 5.94. The molecule has 4 rings (SSSR count). The van der Waals surface area contributed by atoms with Gasteiger partial charge in [0.2, 0.25) is 0 Å². The van der Waals surface area contributed by atoms with Gasteiger partial charge in [0.1, 0.15) is 35.2 Å². The summed E-state index contributed by atoms with van der Waals surface area (Å²) in [4.78, 5) is 40.4. The first-order chi connectivity index (χ1) is 19.2. The van der Waals surface area contributed by atoms with Crippen molar-refractivity contribution in [3.05, 3.63) is 92.4 Å². The van der Waals surface area contributed by atoms with Gasteiger partial charge >= 0.3 is 6.09 Å². The molecule has 1 atom stereocenters. The maximum atomic E-state index is 14.2. The maximum Gasteiger partial charge on any atom is 0.415 e. The van der Waals surface area contributed by atoms with Gasteiger partial charge in [-0.3, -0.25) is 14.5 Å². The molecule has 1 aliphatic heterocycles. The van der Waals surface area contributed by atoms with Crippen molar-refractivity contribution >= 4 is 17.7 Å². The number of anilines is 1. The lowest BCUT2D eigenvalue weighted by atomic mass is 10.1. The van der Waals surface area contributed by atoms with E-state index in [0.29, 0.717) is 11.8 Å². The van der Waals surface area contributed by atoms with E-state index < -0.39 is 52.3 Å². The molecule has 2 amide bonds. The zero-order valence-corrected chi connectivity index (χ0v) is 23.1. The quantitative estimate of drug-likeness (QED) is 0.425. The Hall–Kier alpha value is -4.35. The average Bonchev–Trinajstić information content (AvgIpc) is 3.06. The minimum absolute atomic E-state index is 0.0197. The van der Waals surface area contributed by atoms with E-state index in [1.807, 2.05) is 0 Å². The molecule has 1 unspecified atom stereocenters. The molecule has 41 heavy (non-hydrogen) atoms. The molecule has 0 fully saturated rings. The number of ether oxygens (including phenoxy) is 2. The molecule has 1 aliphatic rings. The van der Waals surface area contributed by atoms with Crippen molar-refractivity contribution < 1.29 is 36.6 Å². The first-order valence-corrected chi connectivity index (χ1v) is 12.7. The lowest BCUT2D eigenvalue weighted by molar-refractivity contribution is 0.0575. The normalized spacial score (nSPS) is 15.0. The van der Waals surface area contributed by atoms with E-state index in [-0.39, 0.29) is 47.8 Å². The summed E-state index contributed by atoms with van der Waals surface area (Å²) in [5.41, 5.74) is -1.08. The second kappa shape index (κ2) is 11.3. The molecule has 1 N–H and O–H groups in total. The first-order valence-electron chi connectivity index (χ1n) is 12.7. The highest BCUT2D eigenvalue weighted by Crippen LogP contribution is 2.36. The van der Waals surface area contributed by atoms with Gasteiger partial charge in [0.05, 0.1) is 18.3 Å². The molecule has 0 saturated heterocycles. The smallest absolute Gasteiger partial charge is 0.415 e. The van der Waals surface area contributed by atoms with Gasteiger partial charge in [0.25, 0.3) is 5.91 Å². The molecule has 218 valence electrons. The first kappa shape index (κ1) is 29.6. The number of hydrogen-bond donors (Lipinski definition) is 1. The van der Waals surface area contributed by atoms with Crippen LogP contribution in [0.25, 0.3) is 0 Å². The summed E-state index contributed by atoms with van der Waals surface area (Å²) in [5.74, 6) is -4.88. The Morgan fingerprint density at radius 2 is 1.73 bits per heavy atom. The lowest BCUT2D eigenvalue weighted by Gasteiger charge is -2.30. The number of hydrogen-bond acceptors (Lipinski definition) is 5. The van der Waals surface area contributed by atoms with E-state index in [9.17, 15) is 31.9 Å². The number of amides is 2. The summed E-state index contributed by atoms with van der Waals surface area (Å²) in [7, 11) is 0. The second-order valence-electron chi connectivity index (χ2n) is 10.7. The van der Waals surface area contributed by atoms with Crippen LogP contribution in [-0.2, 0) is 11.3 Å². The molecule has 1 aromatic heterocycles. The minimum Gasteiger partial charge on any atom is -0.489 e. The van der Waals surface area contributed by atoms with Crippen LogP contribution in [0.2, 0.25) is 0 Å². The van der Waals surface area contributed by atoms with Crippen LogP contribution in [0.15, 0.2) is 41.3 Å². The third-order valence-corrected chi connectivity index (χ3v) is 6.61. The Balaban J connectivity index is 1.70. The van der Waals surface area contributed by atoms with Crippen molar-refractivity contribution in [2.24, 2.45) is 0 Å². The molecule has 0 saturated carbocycles. The van der Waals surface area contributed by atoms with Gasteiger partial charge in [0.15, 0.2) is 17.1 Å². The number of nitrogens with zero attached hydrogens (tertiary/aromatic N) is 2. The highest BCUT2D eigenvalue weighted by Gasteiger charge is 2.33. The number of halogens is 4. The predicted octanol–water partition coefficient (Wildman–Crippen LogP) is 5.33. The van der Waals surface area contributed by atoms with Crippen LogP contribution in [0.3, 0.4) is 0 Å². The standard InChI is InChI=1S/C29H29F4N3O5/c1-15-16(2)35(13-20(26(15)37)27(38)34-11-17-6-7-18(30)8-21(17)31)19-12-36(28(39)41-29(3,4)5)24-9-22(32)23(33)10-25(24)40-14-19/h6-10,13,19H,11-12,14H2,1-5H3,(H,34,38). The van der Waals surface area contributed by atoms with Gasteiger partial charge in [-0.25, -0.2) is 22.4 Å². The van der Waals surface area contributed by atoms with Crippen molar-refractivity contribution in [3.63, 3.8) is 0 Å². The maximum absolute atomic E-state index is 14.2. The Bertz CT molecular complexity index is 1580. The van der Waals surface area contributed by atoms with Gasteiger partial charge in [-0.05, 0) is 40.7 Å². The molecule has 0 aliphatic carbocycles. The number of pyridine rings is 1. The highest BCUT2D eigenvalue weighted by atomic mass is 19.2. The predicted molar refractivity (Wildman–Crippen MR) is 142 cm³/mol. The van der Waals surface area contributed by atoms with Crippen LogP contribution in [-0.4, -0.2) is 35.3 Å². The minimum atomic E-state index is -1.19. The third kappa shape index (κ3) is 6.36. The van der Waals surface area contributed by atoms with E-state index in [0.717, 1.165) is 23.1 Å². The molecule has 12 heteroatoms. The Morgan fingerprint density at radius 3 is 2.39 bits per heavy atom. The van der Waals surface area contributed by atoms with E-state index in [4.69, 9.17) is 9.47 Å². The number of rotatable bonds is 4. The van der Waals surface area contributed by atoms with Crippen LogP contribution in [0.5, 0.6) is 5.75 Å². The molecule has 0 bridgehead atoms. The van der Waals surface area contributed by atoms with Crippen molar-refractivity contribution in [1.29, 1.82) is 0 Å². The van der Waals surface area contributed by atoms with Crippen LogP contribution in [0, 0.1) is 37.1 Å². The van der Waals surface area contributed by atoms with Gasteiger partial charge in [-0.15, -0.1) is 0 Å². The third-order valence-electron chi connectivity index (χ3n) is 6.61. The number of fused-ring (bicyclic) bond motifs is 1. The summed E-state index contributed by atoms with van der Waals surface area (Å²) in [6, 6.07) is 3.85. The van der Waals surface area contributed by atoms with Gasteiger partial charge < -0.3 is 19.4 Å². The fourth-order valence-electron chi connectivity index (χ4n) is 4.38. The van der Waals surface area contributed by atoms with E-state index in [2.05, 4.69) is 5.32 Å². The van der Waals surface area contributed by atoms with Gasteiger partial charge in [-0.1, -0.05) is 6.07 Å². The average molecular weight is 576 g/mol. The molecule has 0 spiro atoms. The van der Waals surface area contributed by atoms with E-state index >= 15 is 0 Å². The van der Waals surface area contributed by atoms with Crippen molar-refractivity contribution in [1.82, 2.24) is 9.88 Å². The Kier molecular flexibility index (Phi) is 8.14. The molecular formula is C29H29F4N3O5. The van der Waals surface area contributed by atoms with Crippen LogP contribution in [0.4, 0.5) is 28.0 Å². The SMILES string of the molecule is Cc1c(C)n(C2COc3cc(F)c(F)cc3N(C(=O)OC(C)(C)C)C2)cc(C(=O)NCc2ccc(F)cc2F)c1=O. The summed E-state index contributed by atoms with van der Waals surface area (Å²) in [6.45, 7) is 7.54. The molecule has 0 radical (unpaired) electrons. The summed E-state index contributed by atoms with van der Waals surface area (Å²) >= 11 is 0. The number of carbonyl (C=O) groups excluding carboxylic acids is 2. The monoisotopic (exact) mass is 575 g/mol. The van der Waals surface area contributed by atoms with E-state index in [1.54, 1.807) is 32.3 Å². The Morgan fingerprint density at radius 1 is 1.05 bits per heavy atom. The van der Waals surface area contributed by atoms with Crippen molar-refractivity contribution in [2.75, 3.05) is 18.1 Å². The number of carbonyl (C=O) groups is 2. The van der Waals surface area contributed by atoms with Crippen molar-refractivity contribution in [3.8, 4) is 5.75 Å². The number of benzene rings is 2. The van der Waals surface area contributed by atoms with Crippen LogP contribution in [0.1, 0.15) is 54.0 Å². The zero-order valence-electron chi connectivity index (χ0n) is 23.1. The number of aromatic nitrogens is 1. The van der Waals surface area contributed by atoms with Crippen LogP contribution >= 0.6 is 0 Å². The second-order valence-corrected chi connectivity index (χ2v) is 10.7. The topological polar surface area (TPSA) is 89.9 Å². The van der Waals surface area contributed by atoms with Crippen LogP contribution < -0.4 is 20.4 Å². The fourth-order valence-corrected chi connectivity index (χ4v) is 4.38. The molecule has 8 nitrogen and oxygen atoms in total. The Labute approximate surface area is 233 Å². The summed E-state index contributed by atoms with van der Waals surface area (Å²) in [5, 5.41) is 2.47. The molecule has 2 aromatic carbocycles. The van der Waals surface area contributed by atoms with E-state index in [1.165, 1.54) is 19.2 Å². The molecule has 2 heterocycles. The largest absolute Gasteiger partial charge is 0.489 e. The summed E-state index contributed by atoms with van der Waals surface area (Å²) < 4.78 is 68.5. The van der Waals surface area contributed by atoms with Gasteiger partial charge in [0, 0.05) is 47.8 Å². The molecule has 3 aromatic rings. The summed E-state index contributed by atoms with van der Waals surface area (Å²) in [6.07, 6.45) is 0.453. The lowest BCUT2D eigenvalue weighted by Crippen LogP contribution is -2.41. The van der Waals surface area contributed by atoms with Crippen molar-refractivity contribution in [2.45, 2.75) is 52.8 Å². The fraction of sp³-hybridized carbons (Fsp3) is 0.345. The number of nitrogens with one attached hydrogen (secondary N) is 1.